The molecule has 1 unspecified atom stereocenters. The predicted octanol–water partition coefficient (Wildman–Crippen LogP) is 3.26. The summed E-state index contributed by atoms with van der Waals surface area (Å²) < 4.78 is 0. The van der Waals surface area contributed by atoms with Crippen LogP contribution in [0.5, 0.6) is 0 Å². The first-order valence-electron chi connectivity index (χ1n) is 7.19. The van der Waals surface area contributed by atoms with Gasteiger partial charge in [-0.05, 0) is 49.6 Å². The van der Waals surface area contributed by atoms with Gasteiger partial charge in [0.1, 0.15) is 5.82 Å². The Morgan fingerprint density at radius 3 is 2.80 bits per heavy atom. The molecule has 106 valence electrons. The Morgan fingerprint density at radius 1 is 1.25 bits per heavy atom. The second-order valence-corrected chi connectivity index (χ2v) is 5.21. The number of rotatable bonds is 6. The Morgan fingerprint density at radius 2 is 2.10 bits per heavy atom. The van der Waals surface area contributed by atoms with E-state index in [1.165, 1.54) is 16.7 Å². The van der Waals surface area contributed by atoms with Crippen molar-refractivity contribution in [3.8, 4) is 0 Å². The minimum atomic E-state index is 0.316. The number of nitrogens with two attached hydrogens (primary N) is 1. The molecule has 2 rings (SSSR count). The standard InChI is InChI=1S/C17H23N3/c1-3-8-19-16(15-6-4-5-13(2)10-15)11-14-7-9-20-17(18)12-14/h4-7,9-10,12,16,19H,3,8,11H2,1-2H3,(H2,18,20). The summed E-state index contributed by atoms with van der Waals surface area (Å²) in [6.45, 7) is 5.33. The number of anilines is 1. The topological polar surface area (TPSA) is 50.9 Å². The minimum Gasteiger partial charge on any atom is -0.384 e. The molecule has 0 saturated heterocycles. The van der Waals surface area contributed by atoms with Crippen LogP contribution in [0.3, 0.4) is 0 Å². The second-order valence-electron chi connectivity index (χ2n) is 5.21. The third-order valence-electron chi connectivity index (χ3n) is 3.37. The average molecular weight is 269 g/mol. The van der Waals surface area contributed by atoms with Crippen LogP contribution in [0.2, 0.25) is 0 Å². The smallest absolute Gasteiger partial charge is 0.123 e. The van der Waals surface area contributed by atoms with Crippen LogP contribution in [0.4, 0.5) is 5.82 Å². The largest absolute Gasteiger partial charge is 0.384 e. The van der Waals surface area contributed by atoms with Crippen molar-refractivity contribution in [1.29, 1.82) is 0 Å². The molecule has 0 spiro atoms. The summed E-state index contributed by atoms with van der Waals surface area (Å²) in [4.78, 5) is 4.05. The van der Waals surface area contributed by atoms with Crippen LogP contribution in [0, 0.1) is 6.92 Å². The van der Waals surface area contributed by atoms with Gasteiger partial charge in [-0.25, -0.2) is 4.98 Å². The lowest BCUT2D eigenvalue weighted by Crippen LogP contribution is -2.24. The third-order valence-corrected chi connectivity index (χ3v) is 3.37. The van der Waals surface area contributed by atoms with E-state index in [1.807, 2.05) is 12.1 Å². The molecule has 0 amide bonds. The molecular formula is C17H23N3. The Bertz CT molecular complexity index is 551. The van der Waals surface area contributed by atoms with Crippen LogP contribution in [-0.4, -0.2) is 11.5 Å². The van der Waals surface area contributed by atoms with E-state index < -0.39 is 0 Å². The Hall–Kier alpha value is -1.87. The van der Waals surface area contributed by atoms with Crippen LogP contribution >= 0.6 is 0 Å². The van der Waals surface area contributed by atoms with Gasteiger partial charge in [0.15, 0.2) is 0 Å². The van der Waals surface area contributed by atoms with Crippen LogP contribution in [-0.2, 0) is 6.42 Å². The van der Waals surface area contributed by atoms with Crippen molar-refractivity contribution in [2.45, 2.75) is 32.7 Å². The number of nitrogens with zero attached hydrogens (tertiary/aromatic N) is 1. The fraction of sp³-hybridized carbons (Fsp3) is 0.353. The Balaban J connectivity index is 2.19. The first-order chi connectivity index (χ1) is 9.69. The summed E-state index contributed by atoms with van der Waals surface area (Å²) in [5.41, 5.74) is 9.60. The molecule has 3 heteroatoms. The zero-order valence-corrected chi connectivity index (χ0v) is 12.3. The molecule has 0 saturated carbocycles. The van der Waals surface area contributed by atoms with Gasteiger partial charge in [0.05, 0.1) is 0 Å². The molecule has 20 heavy (non-hydrogen) atoms. The summed E-state index contributed by atoms with van der Waals surface area (Å²) in [6.07, 6.45) is 3.83. The van der Waals surface area contributed by atoms with Crippen LogP contribution in [0.25, 0.3) is 0 Å². The molecule has 3 nitrogen and oxygen atoms in total. The maximum Gasteiger partial charge on any atom is 0.123 e. The van der Waals surface area contributed by atoms with Crippen molar-refractivity contribution in [2.75, 3.05) is 12.3 Å². The number of pyridine rings is 1. The van der Waals surface area contributed by atoms with Crippen LogP contribution < -0.4 is 11.1 Å². The van der Waals surface area contributed by atoms with Gasteiger partial charge in [0, 0.05) is 12.2 Å². The van der Waals surface area contributed by atoms with Gasteiger partial charge in [0.25, 0.3) is 0 Å². The lowest BCUT2D eigenvalue weighted by Gasteiger charge is -2.20. The Kier molecular flexibility index (Phi) is 5.13. The van der Waals surface area contributed by atoms with E-state index in [0.717, 1.165) is 19.4 Å². The van der Waals surface area contributed by atoms with Crippen molar-refractivity contribution >= 4 is 5.82 Å². The van der Waals surface area contributed by atoms with Crippen molar-refractivity contribution in [1.82, 2.24) is 10.3 Å². The van der Waals surface area contributed by atoms with Crippen molar-refractivity contribution < 1.29 is 0 Å². The molecule has 0 fully saturated rings. The molecule has 1 atom stereocenters. The maximum absolute atomic E-state index is 5.77. The number of hydrogen-bond donors (Lipinski definition) is 2. The summed E-state index contributed by atoms with van der Waals surface area (Å²) in [7, 11) is 0. The molecule has 1 aromatic heterocycles. The van der Waals surface area contributed by atoms with Gasteiger partial charge in [-0.1, -0.05) is 36.8 Å². The highest BCUT2D eigenvalue weighted by atomic mass is 14.9. The molecule has 2 aromatic rings. The van der Waals surface area contributed by atoms with Gasteiger partial charge < -0.3 is 11.1 Å². The molecule has 0 bridgehead atoms. The summed E-state index contributed by atoms with van der Waals surface area (Å²) >= 11 is 0. The molecule has 0 aliphatic heterocycles. The lowest BCUT2D eigenvalue weighted by atomic mass is 9.98. The number of aryl methyl sites for hydroxylation is 1. The number of benzene rings is 1. The second kappa shape index (κ2) is 7.06. The first-order valence-corrected chi connectivity index (χ1v) is 7.19. The fourth-order valence-corrected chi connectivity index (χ4v) is 2.37. The highest BCUT2D eigenvalue weighted by Gasteiger charge is 2.12. The number of hydrogen-bond acceptors (Lipinski definition) is 3. The summed E-state index contributed by atoms with van der Waals surface area (Å²) in [6, 6.07) is 13.0. The lowest BCUT2D eigenvalue weighted by molar-refractivity contribution is 0.529. The summed E-state index contributed by atoms with van der Waals surface area (Å²) in [5.74, 6) is 0.584. The number of nitrogens with one attached hydrogen (secondary N) is 1. The van der Waals surface area contributed by atoms with E-state index in [1.54, 1.807) is 6.20 Å². The van der Waals surface area contributed by atoms with E-state index in [9.17, 15) is 0 Å². The monoisotopic (exact) mass is 269 g/mol. The first kappa shape index (κ1) is 14.5. The molecular weight excluding hydrogens is 246 g/mol. The van der Waals surface area contributed by atoms with Crippen LogP contribution in [0.15, 0.2) is 42.6 Å². The zero-order valence-electron chi connectivity index (χ0n) is 12.3. The molecule has 1 aromatic carbocycles. The number of nitrogen functional groups attached to an aromatic ring is 1. The normalized spacial score (nSPS) is 12.3. The molecule has 3 N–H and O–H groups in total. The Labute approximate surface area is 121 Å². The number of aromatic nitrogens is 1. The van der Waals surface area contributed by atoms with Gasteiger partial charge in [0.2, 0.25) is 0 Å². The van der Waals surface area contributed by atoms with Gasteiger partial charge in [-0.15, -0.1) is 0 Å². The zero-order chi connectivity index (χ0) is 14.4. The van der Waals surface area contributed by atoms with Gasteiger partial charge >= 0.3 is 0 Å². The van der Waals surface area contributed by atoms with Crippen LogP contribution in [0.1, 0.15) is 36.1 Å². The molecule has 0 aliphatic carbocycles. The van der Waals surface area contributed by atoms with E-state index in [2.05, 4.69) is 48.4 Å². The van der Waals surface area contributed by atoms with E-state index in [0.29, 0.717) is 11.9 Å². The van der Waals surface area contributed by atoms with Gasteiger partial charge in [-0.3, -0.25) is 0 Å². The quantitative estimate of drug-likeness (QED) is 0.846. The van der Waals surface area contributed by atoms with E-state index in [-0.39, 0.29) is 0 Å². The highest BCUT2D eigenvalue weighted by molar-refractivity contribution is 5.34. The fourth-order valence-electron chi connectivity index (χ4n) is 2.37. The molecule has 0 aliphatic rings. The SMILES string of the molecule is CCCNC(Cc1ccnc(N)c1)c1cccc(C)c1. The van der Waals surface area contributed by atoms with Crippen molar-refractivity contribution in [3.05, 3.63) is 59.3 Å². The third kappa shape index (κ3) is 4.07. The summed E-state index contributed by atoms with van der Waals surface area (Å²) in [5, 5.41) is 3.62. The van der Waals surface area contributed by atoms with Crippen molar-refractivity contribution in [3.63, 3.8) is 0 Å². The maximum atomic E-state index is 5.77. The van der Waals surface area contributed by atoms with Gasteiger partial charge in [-0.2, -0.15) is 0 Å². The van der Waals surface area contributed by atoms with Crippen molar-refractivity contribution in [2.24, 2.45) is 0 Å². The van der Waals surface area contributed by atoms with E-state index >= 15 is 0 Å². The molecule has 1 heterocycles. The van der Waals surface area contributed by atoms with E-state index in [4.69, 9.17) is 5.73 Å². The highest BCUT2D eigenvalue weighted by Crippen LogP contribution is 2.20. The predicted molar refractivity (Wildman–Crippen MR) is 84.6 cm³/mol. The average Bonchev–Trinajstić information content (AvgIpc) is 2.43. The minimum absolute atomic E-state index is 0.316. The molecule has 0 radical (unpaired) electrons.